The number of rotatable bonds is 8. The van der Waals surface area contributed by atoms with Gasteiger partial charge < -0.3 is 19.0 Å². The smallest absolute Gasteiger partial charge is 0.354 e. The summed E-state index contributed by atoms with van der Waals surface area (Å²) in [4.78, 5) is 31.9. The van der Waals surface area contributed by atoms with Crippen LogP contribution in [0.4, 0.5) is 0 Å². The molecule has 33 heavy (non-hydrogen) atoms. The van der Waals surface area contributed by atoms with Crippen LogP contribution in [0.1, 0.15) is 52.0 Å². The molecule has 0 saturated heterocycles. The number of imidazole rings is 1. The molecule has 0 radical (unpaired) electrons. The summed E-state index contributed by atoms with van der Waals surface area (Å²) in [6, 6.07) is 17.3. The molecule has 0 aliphatic carbocycles. The molecule has 7 heteroatoms. The molecule has 2 aromatic heterocycles. The Morgan fingerprint density at radius 2 is 1.73 bits per heavy atom. The van der Waals surface area contributed by atoms with E-state index in [1.807, 2.05) is 42.5 Å². The summed E-state index contributed by atoms with van der Waals surface area (Å²) in [6.45, 7) is 2.77. The Morgan fingerprint density at radius 1 is 1.00 bits per heavy atom. The average Bonchev–Trinajstić information content (AvgIpc) is 3.41. The van der Waals surface area contributed by atoms with E-state index in [1.165, 1.54) is 14.2 Å². The van der Waals surface area contributed by atoms with Crippen LogP contribution in [0.3, 0.4) is 0 Å². The van der Waals surface area contributed by atoms with E-state index in [9.17, 15) is 9.59 Å². The summed E-state index contributed by atoms with van der Waals surface area (Å²) >= 11 is 0. The molecule has 0 saturated carbocycles. The molecule has 0 atom stereocenters. The van der Waals surface area contributed by atoms with E-state index in [4.69, 9.17) is 14.5 Å². The van der Waals surface area contributed by atoms with Crippen LogP contribution in [0.15, 0.2) is 54.6 Å². The van der Waals surface area contributed by atoms with Gasteiger partial charge in [0, 0.05) is 13.0 Å². The van der Waals surface area contributed by atoms with Crippen LogP contribution in [0, 0.1) is 0 Å². The van der Waals surface area contributed by atoms with Crippen LogP contribution >= 0.6 is 0 Å². The Bertz CT molecular complexity index is 1280. The number of unbranched alkanes of at least 4 members (excludes halogenated alkanes) is 1. The summed E-state index contributed by atoms with van der Waals surface area (Å²) < 4.78 is 11.9. The monoisotopic (exact) mass is 445 g/mol. The highest BCUT2D eigenvalue weighted by molar-refractivity contribution is 5.97. The Labute approximate surface area is 192 Å². The molecule has 4 aromatic rings. The number of methoxy groups -OCH3 is 2. The quantitative estimate of drug-likeness (QED) is 0.386. The molecule has 0 fully saturated rings. The number of benzene rings is 2. The third-order valence-electron chi connectivity index (χ3n) is 5.72. The van der Waals surface area contributed by atoms with Gasteiger partial charge in [-0.15, -0.1) is 0 Å². The van der Waals surface area contributed by atoms with Crippen molar-refractivity contribution in [1.82, 2.24) is 14.5 Å². The van der Waals surface area contributed by atoms with Gasteiger partial charge >= 0.3 is 11.9 Å². The minimum absolute atomic E-state index is 0.357. The van der Waals surface area contributed by atoms with Gasteiger partial charge in [0.1, 0.15) is 11.5 Å². The predicted molar refractivity (Wildman–Crippen MR) is 126 cm³/mol. The van der Waals surface area contributed by atoms with Crippen LogP contribution in [-0.4, -0.2) is 40.7 Å². The van der Waals surface area contributed by atoms with Crippen LogP contribution in [-0.2, 0) is 22.4 Å². The largest absolute Gasteiger partial charge is 0.465 e. The summed E-state index contributed by atoms with van der Waals surface area (Å²) in [6.07, 6.45) is 2.96. The summed E-state index contributed by atoms with van der Waals surface area (Å²) in [5, 5.41) is 0. The Hall–Kier alpha value is -3.87. The lowest BCUT2D eigenvalue weighted by molar-refractivity contribution is 0.0589. The van der Waals surface area contributed by atoms with Crippen molar-refractivity contribution in [2.24, 2.45) is 0 Å². The molecule has 7 nitrogen and oxygen atoms in total. The molecule has 1 N–H and O–H groups in total. The molecule has 0 unspecified atom stereocenters. The minimum Gasteiger partial charge on any atom is -0.465 e. The molecule has 0 spiro atoms. The zero-order valence-electron chi connectivity index (χ0n) is 19.1. The van der Waals surface area contributed by atoms with Crippen LogP contribution in [0.2, 0.25) is 0 Å². The van der Waals surface area contributed by atoms with Crippen molar-refractivity contribution < 1.29 is 19.1 Å². The Kier molecular flexibility index (Phi) is 6.58. The van der Waals surface area contributed by atoms with Crippen molar-refractivity contribution in [2.45, 2.75) is 32.7 Å². The number of H-pyrrole nitrogens is 1. The maximum atomic E-state index is 12.1. The molecule has 0 amide bonds. The van der Waals surface area contributed by atoms with Gasteiger partial charge in [-0.3, -0.25) is 0 Å². The predicted octanol–water partition coefficient (Wildman–Crippen LogP) is 5.00. The first kappa shape index (κ1) is 22.3. The molecule has 170 valence electrons. The summed E-state index contributed by atoms with van der Waals surface area (Å²) in [5.74, 6) is 0.211. The second kappa shape index (κ2) is 9.73. The lowest BCUT2D eigenvalue weighted by Gasteiger charge is -2.11. The number of carbonyl (C=O) groups is 2. The van der Waals surface area contributed by atoms with Crippen molar-refractivity contribution in [3.8, 4) is 11.1 Å². The van der Waals surface area contributed by atoms with E-state index < -0.39 is 5.97 Å². The standard InChI is InChI=1S/C26H27N3O4/c1-4-5-10-23-28-24-22(15-21(27-24)26(31)33-3)29(23)16-17-11-13-18(14-12-17)19-8-6-7-9-20(19)25(30)32-2/h6-9,11-15,27H,4-5,10,16H2,1-3H3. The van der Waals surface area contributed by atoms with Crippen LogP contribution < -0.4 is 0 Å². The van der Waals surface area contributed by atoms with Crippen molar-refractivity contribution in [1.29, 1.82) is 0 Å². The van der Waals surface area contributed by atoms with Gasteiger partial charge in [-0.2, -0.15) is 0 Å². The number of nitrogens with zero attached hydrogens (tertiary/aromatic N) is 2. The lowest BCUT2D eigenvalue weighted by Crippen LogP contribution is -2.06. The third kappa shape index (κ3) is 4.53. The topological polar surface area (TPSA) is 86.2 Å². The first-order valence-electron chi connectivity index (χ1n) is 11.0. The maximum absolute atomic E-state index is 12.1. The molecule has 2 aromatic carbocycles. The maximum Gasteiger partial charge on any atom is 0.354 e. The van der Waals surface area contributed by atoms with E-state index in [0.717, 1.165) is 47.3 Å². The van der Waals surface area contributed by atoms with Gasteiger partial charge in [0.15, 0.2) is 5.65 Å². The third-order valence-corrected chi connectivity index (χ3v) is 5.72. The van der Waals surface area contributed by atoms with Gasteiger partial charge in [0.25, 0.3) is 0 Å². The average molecular weight is 446 g/mol. The van der Waals surface area contributed by atoms with Gasteiger partial charge in [0.05, 0.1) is 25.3 Å². The van der Waals surface area contributed by atoms with Crippen molar-refractivity contribution in [3.05, 3.63) is 77.2 Å². The number of aromatic amines is 1. The van der Waals surface area contributed by atoms with Crippen molar-refractivity contribution >= 4 is 23.1 Å². The van der Waals surface area contributed by atoms with Gasteiger partial charge in [0.2, 0.25) is 0 Å². The van der Waals surface area contributed by atoms with E-state index in [-0.39, 0.29) is 5.97 Å². The van der Waals surface area contributed by atoms with Crippen molar-refractivity contribution in [3.63, 3.8) is 0 Å². The minimum atomic E-state index is -0.414. The van der Waals surface area contributed by atoms with E-state index in [1.54, 1.807) is 12.1 Å². The zero-order valence-corrected chi connectivity index (χ0v) is 19.1. The van der Waals surface area contributed by atoms with Gasteiger partial charge in [-0.05, 0) is 35.2 Å². The number of hydrogen-bond donors (Lipinski definition) is 1. The number of fused-ring (bicyclic) bond motifs is 1. The number of ether oxygens (including phenoxy) is 2. The molecule has 0 aliphatic heterocycles. The summed E-state index contributed by atoms with van der Waals surface area (Å²) in [7, 11) is 2.75. The highest BCUT2D eigenvalue weighted by Gasteiger charge is 2.18. The molecule has 4 rings (SSSR count). The van der Waals surface area contributed by atoms with Crippen LogP contribution in [0.25, 0.3) is 22.3 Å². The normalized spacial score (nSPS) is 11.0. The first-order valence-corrected chi connectivity index (χ1v) is 11.0. The fourth-order valence-electron chi connectivity index (χ4n) is 3.97. The highest BCUT2D eigenvalue weighted by atomic mass is 16.5. The van der Waals surface area contributed by atoms with Gasteiger partial charge in [-0.25, -0.2) is 14.6 Å². The number of esters is 2. The van der Waals surface area contributed by atoms with Crippen molar-refractivity contribution in [2.75, 3.05) is 14.2 Å². The molecular formula is C26H27N3O4. The molecule has 0 aliphatic rings. The molecule has 2 heterocycles. The Balaban J connectivity index is 1.66. The number of nitrogens with one attached hydrogen (secondary N) is 1. The number of hydrogen-bond acceptors (Lipinski definition) is 5. The number of aryl methyl sites for hydroxylation is 1. The SMILES string of the molecule is CCCCc1nc2[nH]c(C(=O)OC)cc2n1Cc1ccc(-c2ccccc2C(=O)OC)cc1. The van der Waals surface area contributed by atoms with E-state index in [0.29, 0.717) is 23.4 Å². The Morgan fingerprint density at radius 3 is 2.42 bits per heavy atom. The van der Waals surface area contributed by atoms with Crippen LogP contribution in [0.5, 0.6) is 0 Å². The van der Waals surface area contributed by atoms with E-state index in [2.05, 4.69) is 16.5 Å². The fourth-order valence-corrected chi connectivity index (χ4v) is 3.97. The van der Waals surface area contributed by atoms with E-state index >= 15 is 0 Å². The van der Waals surface area contributed by atoms with Gasteiger partial charge in [-0.1, -0.05) is 55.8 Å². The highest BCUT2D eigenvalue weighted by Crippen LogP contribution is 2.26. The molecule has 0 bridgehead atoms. The summed E-state index contributed by atoms with van der Waals surface area (Å²) in [5.41, 5.74) is 5.35. The second-order valence-corrected chi connectivity index (χ2v) is 7.86. The number of carbonyl (C=O) groups excluding carboxylic acids is 2. The number of aromatic nitrogens is 3. The fraction of sp³-hybridized carbons (Fsp3) is 0.269. The first-order chi connectivity index (χ1) is 16.0. The second-order valence-electron chi connectivity index (χ2n) is 7.86. The zero-order chi connectivity index (χ0) is 23.4. The molecular weight excluding hydrogens is 418 g/mol. The lowest BCUT2D eigenvalue weighted by atomic mass is 9.98.